The van der Waals surface area contributed by atoms with Crippen molar-refractivity contribution < 1.29 is 21.6 Å². The summed E-state index contributed by atoms with van der Waals surface area (Å²) in [4.78, 5) is -0.563. The first-order valence-electron chi connectivity index (χ1n) is 4.42. The number of nitrogens with zero attached hydrogens (tertiary/aromatic N) is 1. The van der Waals surface area contributed by atoms with Gasteiger partial charge in [0.05, 0.1) is 16.7 Å². The molecule has 4 nitrogen and oxygen atoms in total. The SMILES string of the molecule is N#Cc1ccc(Cl)c(S(=O)(=O)NCC(F)(F)F)c1. The minimum atomic E-state index is -4.67. The molecule has 18 heavy (non-hydrogen) atoms. The van der Waals surface area contributed by atoms with Gasteiger partial charge in [-0.1, -0.05) is 11.6 Å². The van der Waals surface area contributed by atoms with Crippen LogP contribution in [0.1, 0.15) is 5.56 Å². The molecule has 0 bridgehead atoms. The molecule has 0 heterocycles. The van der Waals surface area contributed by atoms with Crippen molar-refractivity contribution in [3.8, 4) is 6.07 Å². The van der Waals surface area contributed by atoms with Gasteiger partial charge in [-0.15, -0.1) is 0 Å². The maximum absolute atomic E-state index is 11.9. The van der Waals surface area contributed by atoms with Crippen LogP contribution in [0.15, 0.2) is 23.1 Å². The molecule has 0 aromatic heterocycles. The maximum atomic E-state index is 11.9. The first-order chi connectivity index (χ1) is 8.15. The van der Waals surface area contributed by atoms with Crippen molar-refractivity contribution in [3.63, 3.8) is 0 Å². The van der Waals surface area contributed by atoms with Crippen molar-refractivity contribution in [3.05, 3.63) is 28.8 Å². The Morgan fingerprint density at radius 3 is 2.50 bits per heavy atom. The summed E-state index contributed by atoms with van der Waals surface area (Å²) in [6.07, 6.45) is -4.67. The average Bonchev–Trinajstić information content (AvgIpc) is 2.26. The zero-order valence-corrected chi connectivity index (χ0v) is 10.2. The summed E-state index contributed by atoms with van der Waals surface area (Å²) in [6.45, 7) is -1.71. The minimum Gasteiger partial charge on any atom is -0.207 e. The van der Waals surface area contributed by atoms with Gasteiger partial charge in [-0.05, 0) is 18.2 Å². The Balaban J connectivity index is 3.09. The third kappa shape index (κ3) is 3.87. The third-order valence-corrected chi connectivity index (χ3v) is 3.70. The molecular weight excluding hydrogens is 293 g/mol. The number of hydrogen-bond donors (Lipinski definition) is 1. The molecule has 1 rings (SSSR count). The second kappa shape index (κ2) is 5.14. The number of rotatable bonds is 3. The molecule has 0 fully saturated rings. The van der Waals surface area contributed by atoms with E-state index in [4.69, 9.17) is 16.9 Å². The number of halogens is 4. The van der Waals surface area contributed by atoms with E-state index in [0.717, 1.165) is 12.1 Å². The summed E-state index contributed by atoms with van der Waals surface area (Å²) in [5, 5.41) is 8.33. The van der Waals surface area contributed by atoms with E-state index in [2.05, 4.69) is 0 Å². The van der Waals surface area contributed by atoms with Gasteiger partial charge in [0.1, 0.15) is 11.4 Å². The number of nitrogens with one attached hydrogen (secondary N) is 1. The summed E-state index contributed by atoms with van der Waals surface area (Å²) in [5.41, 5.74) is -0.0215. The lowest BCUT2D eigenvalue weighted by molar-refractivity contribution is -0.121. The fourth-order valence-electron chi connectivity index (χ4n) is 1.03. The molecule has 0 saturated carbocycles. The molecule has 0 amide bonds. The molecule has 0 aliphatic rings. The second-order valence-corrected chi connectivity index (χ2v) is 5.34. The van der Waals surface area contributed by atoms with Crippen LogP contribution in [0, 0.1) is 11.3 Å². The fraction of sp³-hybridized carbons (Fsp3) is 0.222. The molecule has 9 heteroatoms. The van der Waals surface area contributed by atoms with E-state index in [9.17, 15) is 21.6 Å². The highest BCUT2D eigenvalue weighted by Gasteiger charge is 2.30. The molecule has 0 unspecified atom stereocenters. The number of nitriles is 1. The van der Waals surface area contributed by atoms with Gasteiger partial charge in [0, 0.05) is 0 Å². The Bertz CT molecular complexity index is 593. The molecule has 0 aliphatic carbocycles. The second-order valence-electron chi connectivity index (χ2n) is 3.20. The van der Waals surface area contributed by atoms with Crippen LogP contribution < -0.4 is 4.72 Å². The van der Waals surface area contributed by atoms with Crippen LogP contribution in [0.25, 0.3) is 0 Å². The Morgan fingerprint density at radius 1 is 1.39 bits per heavy atom. The van der Waals surface area contributed by atoms with Crippen LogP contribution in [0.4, 0.5) is 13.2 Å². The van der Waals surface area contributed by atoms with E-state index in [0.29, 0.717) is 0 Å². The van der Waals surface area contributed by atoms with Crippen molar-refractivity contribution in [1.29, 1.82) is 5.26 Å². The van der Waals surface area contributed by atoms with Crippen LogP contribution >= 0.6 is 11.6 Å². The Morgan fingerprint density at radius 2 is 2.00 bits per heavy atom. The van der Waals surface area contributed by atoms with Crippen molar-refractivity contribution >= 4 is 21.6 Å². The van der Waals surface area contributed by atoms with Crippen LogP contribution in [0.5, 0.6) is 0 Å². The first-order valence-corrected chi connectivity index (χ1v) is 6.28. The predicted molar refractivity (Wildman–Crippen MR) is 57.4 cm³/mol. The molecule has 98 valence electrons. The number of benzene rings is 1. The zero-order valence-electron chi connectivity index (χ0n) is 8.62. The lowest BCUT2D eigenvalue weighted by Gasteiger charge is -2.10. The van der Waals surface area contributed by atoms with Gasteiger partial charge in [-0.2, -0.15) is 18.4 Å². The molecule has 1 aromatic carbocycles. The van der Waals surface area contributed by atoms with E-state index in [1.807, 2.05) is 0 Å². The van der Waals surface area contributed by atoms with Crippen LogP contribution in [-0.2, 0) is 10.0 Å². The molecule has 0 atom stereocenters. The van der Waals surface area contributed by atoms with E-state index in [1.54, 1.807) is 6.07 Å². The predicted octanol–water partition coefficient (Wildman–Crippen LogP) is 2.05. The van der Waals surface area contributed by atoms with Crippen molar-refractivity contribution in [2.24, 2.45) is 0 Å². The number of hydrogen-bond acceptors (Lipinski definition) is 3. The van der Waals surface area contributed by atoms with Crippen LogP contribution in [0.2, 0.25) is 5.02 Å². The van der Waals surface area contributed by atoms with Crippen molar-refractivity contribution in [2.45, 2.75) is 11.1 Å². The molecule has 0 saturated heterocycles. The molecule has 1 N–H and O–H groups in total. The Kier molecular flexibility index (Phi) is 4.21. The number of alkyl halides is 3. The van der Waals surface area contributed by atoms with Crippen molar-refractivity contribution in [1.82, 2.24) is 4.72 Å². The number of sulfonamides is 1. The highest BCUT2D eigenvalue weighted by Crippen LogP contribution is 2.23. The molecular formula is C9H6ClF3N2O2S. The first kappa shape index (κ1) is 14.8. The fourth-order valence-corrected chi connectivity index (χ4v) is 2.57. The van der Waals surface area contributed by atoms with Gasteiger partial charge in [-0.25, -0.2) is 13.1 Å². The zero-order chi connectivity index (χ0) is 14.0. The molecule has 0 aliphatic heterocycles. The van der Waals surface area contributed by atoms with E-state index in [-0.39, 0.29) is 10.6 Å². The quantitative estimate of drug-likeness (QED) is 0.928. The van der Waals surface area contributed by atoms with Gasteiger partial charge in [0.2, 0.25) is 10.0 Å². The normalized spacial score (nSPS) is 12.2. The summed E-state index contributed by atoms with van der Waals surface area (Å²) >= 11 is 5.58. The largest absolute Gasteiger partial charge is 0.402 e. The third-order valence-electron chi connectivity index (χ3n) is 1.81. The van der Waals surface area contributed by atoms with Crippen molar-refractivity contribution in [2.75, 3.05) is 6.54 Å². The van der Waals surface area contributed by atoms with E-state index < -0.39 is 27.6 Å². The summed E-state index contributed by atoms with van der Waals surface area (Å²) < 4.78 is 60.3. The summed E-state index contributed by atoms with van der Waals surface area (Å²) in [5.74, 6) is 0. The lowest BCUT2D eigenvalue weighted by Crippen LogP contribution is -2.33. The smallest absolute Gasteiger partial charge is 0.207 e. The minimum absolute atomic E-state index is 0.0215. The lowest BCUT2D eigenvalue weighted by atomic mass is 10.2. The van der Waals surface area contributed by atoms with Gasteiger partial charge >= 0.3 is 6.18 Å². The molecule has 1 aromatic rings. The standard InChI is InChI=1S/C9H6ClF3N2O2S/c10-7-2-1-6(4-14)3-8(7)18(16,17)15-5-9(11,12)13/h1-3,15H,5H2. The molecule has 0 spiro atoms. The summed E-state index contributed by atoms with van der Waals surface area (Å²) in [7, 11) is -4.41. The van der Waals surface area contributed by atoms with Crippen LogP contribution in [0.3, 0.4) is 0 Å². The maximum Gasteiger partial charge on any atom is 0.402 e. The van der Waals surface area contributed by atoms with Crippen LogP contribution in [-0.4, -0.2) is 21.1 Å². The van der Waals surface area contributed by atoms with E-state index in [1.165, 1.54) is 10.8 Å². The van der Waals surface area contributed by atoms with Gasteiger partial charge < -0.3 is 0 Å². The van der Waals surface area contributed by atoms with Gasteiger partial charge in [-0.3, -0.25) is 0 Å². The van der Waals surface area contributed by atoms with Gasteiger partial charge in [0.25, 0.3) is 0 Å². The average molecular weight is 299 g/mol. The highest BCUT2D eigenvalue weighted by molar-refractivity contribution is 7.89. The molecule has 0 radical (unpaired) electrons. The Hall–Kier alpha value is -1.30. The topological polar surface area (TPSA) is 70.0 Å². The highest BCUT2D eigenvalue weighted by atomic mass is 35.5. The van der Waals surface area contributed by atoms with E-state index >= 15 is 0 Å². The van der Waals surface area contributed by atoms with Gasteiger partial charge in [0.15, 0.2) is 0 Å². The summed E-state index contributed by atoms with van der Waals surface area (Å²) in [6, 6.07) is 4.95. The monoisotopic (exact) mass is 298 g/mol. The Labute approximate surface area is 106 Å².